The lowest BCUT2D eigenvalue weighted by Crippen LogP contribution is -2.36. The number of morpholine rings is 1. The third-order valence-corrected chi connectivity index (χ3v) is 3.63. The largest absolute Gasteiger partial charge is 0.378 e. The average molecular weight is 308 g/mol. The Morgan fingerprint density at radius 1 is 1.26 bits per heavy atom. The van der Waals surface area contributed by atoms with Gasteiger partial charge >= 0.3 is 0 Å². The van der Waals surface area contributed by atoms with Crippen molar-refractivity contribution in [2.45, 2.75) is 0 Å². The van der Waals surface area contributed by atoms with Crippen molar-refractivity contribution in [2.24, 2.45) is 0 Å². The second kappa shape index (κ2) is 6.90. The van der Waals surface area contributed by atoms with Gasteiger partial charge in [0.25, 0.3) is 5.91 Å². The van der Waals surface area contributed by atoms with Gasteiger partial charge in [-0.3, -0.25) is 9.78 Å². The number of nitrogens with one attached hydrogen (secondary N) is 1. The van der Waals surface area contributed by atoms with Crippen molar-refractivity contribution < 1.29 is 9.53 Å². The van der Waals surface area contributed by atoms with Crippen LogP contribution in [0.15, 0.2) is 42.6 Å². The summed E-state index contributed by atoms with van der Waals surface area (Å²) in [5.41, 5.74) is 2.32. The van der Waals surface area contributed by atoms with E-state index in [-0.39, 0.29) is 11.6 Å². The second-order valence-corrected chi connectivity index (χ2v) is 5.11. The molecule has 0 bridgehead atoms. The number of aromatic nitrogens is 1. The van der Waals surface area contributed by atoms with E-state index in [1.165, 1.54) is 12.3 Å². The lowest BCUT2D eigenvalue weighted by Gasteiger charge is -2.30. The summed E-state index contributed by atoms with van der Waals surface area (Å²) in [5, 5.41) is 11.8. The van der Waals surface area contributed by atoms with Crippen LogP contribution in [-0.4, -0.2) is 37.2 Å². The van der Waals surface area contributed by atoms with Gasteiger partial charge in [0.2, 0.25) is 0 Å². The summed E-state index contributed by atoms with van der Waals surface area (Å²) >= 11 is 0. The van der Waals surface area contributed by atoms with Crippen molar-refractivity contribution >= 4 is 17.3 Å². The van der Waals surface area contributed by atoms with E-state index in [2.05, 4.69) is 15.2 Å². The van der Waals surface area contributed by atoms with E-state index in [1.54, 1.807) is 6.07 Å². The summed E-state index contributed by atoms with van der Waals surface area (Å²) < 4.78 is 5.37. The first-order valence-electron chi connectivity index (χ1n) is 7.37. The van der Waals surface area contributed by atoms with Crippen molar-refractivity contribution in [1.82, 2.24) is 4.98 Å². The van der Waals surface area contributed by atoms with E-state index in [1.807, 2.05) is 30.3 Å². The number of hydrogen-bond acceptors (Lipinski definition) is 5. The van der Waals surface area contributed by atoms with E-state index >= 15 is 0 Å². The maximum Gasteiger partial charge on any atom is 0.274 e. The molecule has 1 aliphatic heterocycles. The van der Waals surface area contributed by atoms with E-state index in [9.17, 15) is 4.79 Å². The van der Waals surface area contributed by atoms with Gasteiger partial charge in [0, 0.05) is 19.3 Å². The molecule has 0 atom stereocenters. The highest BCUT2D eigenvalue weighted by atomic mass is 16.5. The van der Waals surface area contributed by atoms with Gasteiger partial charge in [-0.2, -0.15) is 5.26 Å². The molecule has 0 unspecified atom stereocenters. The first kappa shape index (κ1) is 15.0. The lowest BCUT2D eigenvalue weighted by molar-refractivity contribution is 0.102. The Labute approximate surface area is 134 Å². The van der Waals surface area contributed by atoms with Crippen LogP contribution < -0.4 is 10.2 Å². The molecule has 116 valence electrons. The molecule has 1 saturated heterocycles. The Kier molecular flexibility index (Phi) is 4.50. The monoisotopic (exact) mass is 308 g/mol. The van der Waals surface area contributed by atoms with Crippen molar-refractivity contribution in [3.63, 3.8) is 0 Å². The fraction of sp³-hybridized carbons (Fsp3) is 0.235. The summed E-state index contributed by atoms with van der Waals surface area (Å²) in [6, 6.07) is 12.7. The molecular formula is C17H16N4O2. The van der Waals surface area contributed by atoms with Crippen LogP contribution in [0.25, 0.3) is 0 Å². The first-order valence-corrected chi connectivity index (χ1v) is 7.37. The minimum atomic E-state index is -0.331. The zero-order valence-corrected chi connectivity index (χ0v) is 12.5. The minimum absolute atomic E-state index is 0.223. The molecule has 1 fully saturated rings. The Hall–Kier alpha value is -2.91. The molecule has 1 amide bonds. The van der Waals surface area contributed by atoms with E-state index in [0.717, 1.165) is 24.5 Å². The second-order valence-electron chi connectivity index (χ2n) is 5.11. The third kappa shape index (κ3) is 3.47. The summed E-state index contributed by atoms with van der Waals surface area (Å²) in [5.74, 6) is -0.331. The number of para-hydroxylation sites is 2. The molecule has 1 N–H and O–H groups in total. The van der Waals surface area contributed by atoms with Crippen LogP contribution in [0, 0.1) is 11.3 Å². The SMILES string of the molecule is N#Cc1ccnc(C(=O)Nc2ccccc2N2CCOCC2)c1. The van der Waals surface area contributed by atoms with Crippen LogP contribution in [0.5, 0.6) is 0 Å². The Morgan fingerprint density at radius 2 is 2.04 bits per heavy atom. The topological polar surface area (TPSA) is 78.2 Å². The average Bonchev–Trinajstić information content (AvgIpc) is 2.63. The summed E-state index contributed by atoms with van der Waals surface area (Å²) in [7, 11) is 0. The number of benzene rings is 1. The number of carbonyl (C=O) groups excluding carboxylic acids is 1. The van der Waals surface area contributed by atoms with Gasteiger partial charge in [0.1, 0.15) is 5.69 Å². The molecule has 2 heterocycles. The maximum absolute atomic E-state index is 12.4. The Balaban J connectivity index is 1.82. The highest BCUT2D eigenvalue weighted by molar-refractivity contribution is 6.04. The summed E-state index contributed by atoms with van der Waals surface area (Å²) in [4.78, 5) is 18.6. The number of nitrogens with zero attached hydrogens (tertiary/aromatic N) is 3. The molecule has 0 aliphatic carbocycles. The fourth-order valence-electron chi connectivity index (χ4n) is 2.47. The molecule has 1 aromatic heterocycles. The molecule has 6 heteroatoms. The number of pyridine rings is 1. The number of anilines is 2. The smallest absolute Gasteiger partial charge is 0.274 e. The molecule has 1 aromatic carbocycles. The number of ether oxygens (including phenoxy) is 1. The van der Waals surface area contributed by atoms with Crippen LogP contribution in [0.4, 0.5) is 11.4 Å². The number of rotatable bonds is 3. The van der Waals surface area contributed by atoms with Crippen LogP contribution in [0.1, 0.15) is 16.1 Å². The number of hydrogen-bond donors (Lipinski definition) is 1. The number of nitriles is 1. The van der Waals surface area contributed by atoms with Gasteiger partial charge < -0.3 is 15.0 Å². The van der Waals surface area contributed by atoms with Gasteiger partial charge in [-0.05, 0) is 24.3 Å². The maximum atomic E-state index is 12.4. The number of amides is 1. The van der Waals surface area contributed by atoms with Crippen molar-refractivity contribution in [3.8, 4) is 6.07 Å². The van der Waals surface area contributed by atoms with Gasteiger partial charge in [-0.15, -0.1) is 0 Å². The minimum Gasteiger partial charge on any atom is -0.378 e. The Bertz CT molecular complexity index is 748. The van der Waals surface area contributed by atoms with Gasteiger partial charge in [-0.1, -0.05) is 12.1 Å². The highest BCUT2D eigenvalue weighted by Gasteiger charge is 2.16. The molecule has 3 rings (SSSR count). The van der Waals surface area contributed by atoms with Crippen molar-refractivity contribution in [2.75, 3.05) is 36.5 Å². The molecule has 6 nitrogen and oxygen atoms in total. The van der Waals surface area contributed by atoms with E-state index in [4.69, 9.17) is 10.00 Å². The zero-order valence-electron chi connectivity index (χ0n) is 12.5. The molecule has 23 heavy (non-hydrogen) atoms. The number of carbonyl (C=O) groups is 1. The normalized spacial score (nSPS) is 14.1. The summed E-state index contributed by atoms with van der Waals surface area (Å²) in [6.07, 6.45) is 1.46. The quantitative estimate of drug-likeness (QED) is 0.939. The third-order valence-electron chi connectivity index (χ3n) is 3.63. The Morgan fingerprint density at radius 3 is 2.83 bits per heavy atom. The van der Waals surface area contributed by atoms with Crippen molar-refractivity contribution in [3.05, 3.63) is 53.9 Å². The van der Waals surface area contributed by atoms with Crippen molar-refractivity contribution in [1.29, 1.82) is 5.26 Å². The van der Waals surface area contributed by atoms with Crippen LogP contribution >= 0.6 is 0 Å². The summed E-state index contributed by atoms with van der Waals surface area (Å²) in [6.45, 7) is 2.92. The zero-order chi connectivity index (χ0) is 16.1. The molecule has 0 saturated carbocycles. The molecule has 0 spiro atoms. The van der Waals surface area contributed by atoms with Crippen LogP contribution in [0.3, 0.4) is 0 Å². The predicted octanol–water partition coefficient (Wildman–Crippen LogP) is 2.04. The molecule has 1 aliphatic rings. The first-order chi connectivity index (χ1) is 11.3. The van der Waals surface area contributed by atoms with E-state index in [0.29, 0.717) is 18.8 Å². The van der Waals surface area contributed by atoms with Gasteiger partial charge in [0.05, 0.1) is 36.2 Å². The predicted molar refractivity (Wildman–Crippen MR) is 86.4 cm³/mol. The lowest BCUT2D eigenvalue weighted by atomic mass is 10.2. The molecular weight excluding hydrogens is 292 g/mol. The van der Waals surface area contributed by atoms with Crippen LogP contribution in [-0.2, 0) is 4.74 Å². The van der Waals surface area contributed by atoms with E-state index < -0.39 is 0 Å². The van der Waals surface area contributed by atoms with Gasteiger partial charge in [0.15, 0.2) is 0 Å². The molecule has 0 radical (unpaired) electrons. The fourth-order valence-corrected chi connectivity index (χ4v) is 2.47. The molecule has 2 aromatic rings. The van der Waals surface area contributed by atoms with Gasteiger partial charge in [-0.25, -0.2) is 0 Å². The standard InChI is InChI=1S/C17H16N4O2/c18-12-13-5-6-19-15(11-13)17(22)20-14-3-1-2-4-16(14)21-7-9-23-10-8-21/h1-6,11H,7-10H2,(H,20,22). The van der Waals surface area contributed by atoms with Crippen LogP contribution in [0.2, 0.25) is 0 Å². The highest BCUT2D eigenvalue weighted by Crippen LogP contribution is 2.26.